The van der Waals surface area contributed by atoms with E-state index in [0.717, 1.165) is 18.5 Å². The minimum Gasteiger partial charge on any atom is -0.462 e. The van der Waals surface area contributed by atoms with E-state index in [-0.39, 0.29) is 5.97 Å². The van der Waals surface area contributed by atoms with Crippen molar-refractivity contribution in [2.45, 2.75) is 19.8 Å². The number of carbonyl (C=O) groups excluding carboxylic acids is 1. The zero-order chi connectivity index (χ0) is 11.6. The first-order valence-corrected chi connectivity index (χ1v) is 5.48. The first kappa shape index (κ1) is 12.3. The monoisotopic (exact) mass is 219 g/mol. The molecule has 0 unspecified atom stereocenters. The molecule has 1 aromatic carbocycles. The second kappa shape index (κ2) is 7.51. The first-order chi connectivity index (χ1) is 7.83. The van der Waals surface area contributed by atoms with Crippen LogP contribution in [-0.2, 0) is 9.53 Å². The molecule has 0 atom stereocenters. The molecule has 0 aliphatic rings. The van der Waals surface area contributed by atoms with Crippen molar-refractivity contribution in [3.63, 3.8) is 0 Å². The average molecular weight is 219 g/mol. The summed E-state index contributed by atoms with van der Waals surface area (Å²) in [5.74, 6) is -0.308. The fraction of sp³-hybridized carbons (Fsp3) is 0.308. The van der Waals surface area contributed by atoms with E-state index in [1.807, 2.05) is 30.3 Å². The number of benzene rings is 1. The van der Waals surface area contributed by atoms with Crippen molar-refractivity contribution in [1.29, 1.82) is 0 Å². The number of ether oxygens (including phenoxy) is 1. The number of para-hydroxylation sites is 1. The molecule has 0 aliphatic carbocycles. The van der Waals surface area contributed by atoms with E-state index >= 15 is 0 Å². The lowest BCUT2D eigenvalue weighted by Gasteiger charge is -2.00. The van der Waals surface area contributed by atoms with Crippen LogP contribution < -0.4 is 5.32 Å². The van der Waals surface area contributed by atoms with Gasteiger partial charge >= 0.3 is 5.97 Å². The van der Waals surface area contributed by atoms with Crippen LogP contribution in [0, 0.1) is 0 Å². The van der Waals surface area contributed by atoms with E-state index in [1.165, 1.54) is 6.08 Å². The Morgan fingerprint density at radius 2 is 2.12 bits per heavy atom. The number of anilines is 1. The highest BCUT2D eigenvalue weighted by Gasteiger charge is 1.94. The van der Waals surface area contributed by atoms with Gasteiger partial charge in [-0.15, -0.1) is 0 Å². The standard InChI is InChI=1S/C13H17NO2/c1-2-3-11-16-13(15)9-10-14-12-7-5-4-6-8-12/h4-10,14H,2-3,11H2,1H3/b10-9+. The van der Waals surface area contributed by atoms with Crippen LogP contribution in [0.3, 0.4) is 0 Å². The van der Waals surface area contributed by atoms with Crippen molar-refractivity contribution >= 4 is 11.7 Å². The number of unbranched alkanes of at least 4 members (excludes halogenated alkanes) is 1. The lowest BCUT2D eigenvalue weighted by molar-refractivity contribution is -0.137. The second-order valence-corrected chi connectivity index (χ2v) is 3.36. The molecule has 3 heteroatoms. The maximum atomic E-state index is 11.2. The Kier molecular flexibility index (Phi) is 5.78. The van der Waals surface area contributed by atoms with E-state index in [1.54, 1.807) is 6.20 Å². The highest BCUT2D eigenvalue weighted by molar-refractivity contribution is 5.82. The largest absolute Gasteiger partial charge is 0.462 e. The van der Waals surface area contributed by atoms with Crippen LogP contribution in [0.1, 0.15) is 19.8 Å². The summed E-state index contributed by atoms with van der Waals surface area (Å²) in [7, 11) is 0. The van der Waals surface area contributed by atoms with Gasteiger partial charge in [-0.1, -0.05) is 31.5 Å². The van der Waals surface area contributed by atoms with E-state index in [4.69, 9.17) is 4.74 Å². The van der Waals surface area contributed by atoms with Crippen molar-refractivity contribution in [3.05, 3.63) is 42.6 Å². The van der Waals surface area contributed by atoms with E-state index in [9.17, 15) is 4.79 Å². The molecule has 1 N–H and O–H groups in total. The summed E-state index contributed by atoms with van der Waals surface area (Å²) >= 11 is 0. The van der Waals surface area contributed by atoms with Crippen molar-refractivity contribution < 1.29 is 9.53 Å². The third kappa shape index (κ3) is 5.20. The third-order valence-corrected chi connectivity index (χ3v) is 1.99. The van der Waals surface area contributed by atoms with Crippen LogP contribution in [0.5, 0.6) is 0 Å². The van der Waals surface area contributed by atoms with Gasteiger partial charge in [-0.2, -0.15) is 0 Å². The molecule has 0 bridgehead atoms. The highest BCUT2D eigenvalue weighted by Crippen LogP contribution is 2.04. The summed E-state index contributed by atoms with van der Waals surface area (Å²) in [6.07, 6.45) is 4.91. The molecule has 16 heavy (non-hydrogen) atoms. The van der Waals surface area contributed by atoms with Crippen molar-refractivity contribution in [3.8, 4) is 0 Å². The zero-order valence-electron chi connectivity index (χ0n) is 9.48. The number of esters is 1. The molecular formula is C13H17NO2. The quantitative estimate of drug-likeness (QED) is 0.454. The predicted octanol–water partition coefficient (Wildman–Crippen LogP) is 2.96. The summed E-state index contributed by atoms with van der Waals surface area (Å²) < 4.78 is 4.95. The fourth-order valence-corrected chi connectivity index (χ4v) is 1.11. The first-order valence-electron chi connectivity index (χ1n) is 5.48. The van der Waals surface area contributed by atoms with Gasteiger partial charge < -0.3 is 10.1 Å². The predicted molar refractivity (Wildman–Crippen MR) is 65.1 cm³/mol. The molecule has 0 saturated carbocycles. The van der Waals surface area contributed by atoms with Crippen molar-refractivity contribution in [2.24, 2.45) is 0 Å². The van der Waals surface area contributed by atoms with Gasteiger partial charge in [0.1, 0.15) is 0 Å². The molecule has 1 rings (SSSR count). The second-order valence-electron chi connectivity index (χ2n) is 3.36. The summed E-state index contributed by atoms with van der Waals surface area (Å²) in [6.45, 7) is 2.55. The Morgan fingerprint density at radius 3 is 2.81 bits per heavy atom. The molecule has 0 fully saturated rings. The Labute approximate surface area is 96.1 Å². The summed E-state index contributed by atoms with van der Waals surface area (Å²) in [4.78, 5) is 11.2. The van der Waals surface area contributed by atoms with Crippen LogP contribution in [-0.4, -0.2) is 12.6 Å². The van der Waals surface area contributed by atoms with E-state index < -0.39 is 0 Å². The SMILES string of the molecule is CCCCOC(=O)/C=C/Nc1ccccc1. The average Bonchev–Trinajstić information content (AvgIpc) is 2.31. The molecule has 0 amide bonds. The van der Waals surface area contributed by atoms with Gasteiger partial charge in [-0.05, 0) is 18.6 Å². The molecule has 3 nitrogen and oxygen atoms in total. The number of nitrogens with one attached hydrogen (secondary N) is 1. The lowest BCUT2D eigenvalue weighted by atomic mass is 10.3. The van der Waals surface area contributed by atoms with Crippen LogP contribution in [0.4, 0.5) is 5.69 Å². The van der Waals surface area contributed by atoms with Crippen LogP contribution in [0.2, 0.25) is 0 Å². The van der Waals surface area contributed by atoms with Gasteiger partial charge in [-0.3, -0.25) is 0 Å². The van der Waals surface area contributed by atoms with Gasteiger partial charge in [0, 0.05) is 18.0 Å². The van der Waals surface area contributed by atoms with Crippen molar-refractivity contribution in [1.82, 2.24) is 0 Å². The minimum absolute atomic E-state index is 0.308. The number of rotatable bonds is 6. The fourth-order valence-electron chi connectivity index (χ4n) is 1.11. The molecular weight excluding hydrogens is 202 g/mol. The highest BCUT2D eigenvalue weighted by atomic mass is 16.5. The van der Waals surface area contributed by atoms with E-state index in [0.29, 0.717) is 6.61 Å². The summed E-state index contributed by atoms with van der Waals surface area (Å²) in [5.41, 5.74) is 0.945. The number of hydrogen-bond donors (Lipinski definition) is 1. The smallest absolute Gasteiger partial charge is 0.332 e. The Hall–Kier alpha value is -1.77. The number of hydrogen-bond acceptors (Lipinski definition) is 3. The topological polar surface area (TPSA) is 38.3 Å². The molecule has 0 spiro atoms. The third-order valence-electron chi connectivity index (χ3n) is 1.99. The summed E-state index contributed by atoms with van der Waals surface area (Å²) in [5, 5.41) is 2.98. The Morgan fingerprint density at radius 1 is 1.38 bits per heavy atom. The zero-order valence-corrected chi connectivity index (χ0v) is 9.48. The molecule has 0 aliphatic heterocycles. The van der Waals surface area contributed by atoms with Crippen LogP contribution in [0.15, 0.2) is 42.6 Å². The van der Waals surface area contributed by atoms with Gasteiger partial charge in [0.25, 0.3) is 0 Å². The Balaban J connectivity index is 2.24. The van der Waals surface area contributed by atoms with E-state index in [2.05, 4.69) is 12.2 Å². The normalized spacial score (nSPS) is 10.3. The maximum absolute atomic E-state index is 11.2. The number of carbonyl (C=O) groups is 1. The molecule has 86 valence electrons. The summed E-state index contributed by atoms with van der Waals surface area (Å²) in [6, 6.07) is 9.64. The molecule has 0 radical (unpaired) electrons. The lowest BCUT2D eigenvalue weighted by Crippen LogP contribution is -2.02. The van der Waals surface area contributed by atoms with Gasteiger partial charge in [-0.25, -0.2) is 4.79 Å². The van der Waals surface area contributed by atoms with Crippen LogP contribution >= 0.6 is 0 Å². The molecule has 1 aromatic rings. The maximum Gasteiger partial charge on any atom is 0.332 e. The molecule has 0 heterocycles. The van der Waals surface area contributed by atoms with Crippen molar-refractivity contribution in [2.75, 3.05) is 11.9 Å². The van der Waals surface area contributed by atoms with Gasteiger partial charge in [0.15, 0.2) is 0 Å². The minimum atomic E-state index is -0.308. The molecule has 0 aromatic heterocycles. The van der Waals surface area contributed by atoms with Gasteiger partial charge in [0.05, 0.1) is 6.61 Å². The van der Waals surface area contributed by atoms with Crippen LogP contribution in [0.25, 0.3) is 0 Å². The van der Waals surface area contributed by atoms with Gasteiger partial charge in [0.2, 0.25) is 0 Å². The molecule has 0 saturated heterocycles. The Bertz CT molecular complexity index is 333.